The monoisotopic (exact) mass is 396 g/mol. The fourth-order valence-corrected chi connectivity index (χ4v) is 3.58. The normalized spacial score (nSPS) is 10.9. The molecular formula is C25H24N4O. The summed E-state index contributed by atoms with van der Waals surface area (Å²) in [6.07, 6.45) is 0. The van der Waals surface area contributed by atoms with Crippen molar-refractivity contribution in [3.8, 4) is 17.5 Å². The van der Waals surface area contributed by atoms with E-state index >= 15 is 0 Å². The second-order valence-corrected chi connectivity index (χ2v) is 7.56. The van der Waals surface area contributed by atoms with Crippen LogP contribution >= 0.6 is 0 Å². The average Bonchev–Trinajstić information content (AvgIpc) is 3.16. The SMILES string of the molecule is COc1ccc(-n2c(C#N)nc3cc(N(C)c4ccc(C(C)C)cc4)ccc32)cc1. The highest BCUT2D eigenvalue weighted by molar-refractivity contribution is 5.84. The maximum atomic E-state index is 9.64. The first-order chi connectivity index (χ1) is 14.5. The Morgan fingerprint density at radius 2 is 1.63 bits per heavy atom. The summed E-state index contributed by atoms with van der Waals surface area (Å²) in [4.78, 5) is 6.70. The van der Waals surface area contributed by atoms with Gasteiger partial charge in [0, 0.05) is 24.1 Å². The number of imidazole rings is 1. The van der Waals surface area contributed by atoms with Gasteiger partial charge in [-0.15, -0.1) is 0 Å². The fraction of sp³-hybridized carbons (Fsp3) is 0.200. The van der Waals surface area contributed by atoms with Crippen LogP contribution in [-0.2, 0) is 0 Å². The molecule has 0 spiro atoms. The van der Waals surface area contributed by atoms with Crippen LogP contribution < -0.4 is 9.64 Å². The summed E-state index contributed by atoms with van der Waals surface area (Å²) in [5.41, 5.74) is 5.99. The summed E-state index contributed by atoms with van der Waals surface area (Å²) in [6, 6.07) is 24.5. The molecule has 1 aromatic heterocycles. The highest BCUT2D eigenvalue weighted by Crippen LogP contribution is 2.30. The summed E-state index contributed by atoms with van der Waals surface area (Å²) >= 11 is 0. The van der Waals surface area contributed by atoms with E-state index < -0.39 is 0 Å². The van der Waals surface area contributed by atoms with E-state index in [2.05, 4.69) is 60.1 Å². The lowest BCUT2D eigenvalue weighted by Crippen LogP contribution is -2.09. The lowest BCUT2D eigenvalue weighted by Gasteiger charge is -2.20. The molecule has 0 bridgehead atoms. The standard InChI is InChI=1S/C25H24N4O/c1-17(2)18-5-7-19(8-6-18)28(3)21-11-14-24-23(15-21)27-25(16-26)29(24)20-9-12-22(30-4)13-10-20/h5-15,17H,1-4H3. The molecule has 0 amide bonds. The van der Waals surface area contributed by atoms with Crippen molar-refractivity contribution < 1.29 is 4.74 Å². The van der Waals surface area contributed by atoms with E-state index in [1.165, 1.54) is 5.56 Å². The maximum absolute atomic E-state index is 9.64. The van der Waals surface area contributed by atoms with E-state index in [1.54, 1.807) is 7.11 Å². The number of rotatable bonds is 5. The zero-order valence-corrected chi connectivity index (χ0v) is 17.6. The number of aromatic nitrogens is 2. The van der Waals surface area contributed by atoms with Crippen molar-refractivity contribution in [2.45, 2.75) is 19.8 Å². The van der Waals surface area contributed by atoms with Crippen molar-refractivity contribution in [1.29, 1.82) is 5.26 Å². The Hall–Kier alpha value is -3.78. The van der Waals surface area contributed by atoms with Crippen LogP contribution in [0.1, 0.15) is 31.2 Å². The molecule has 1 heterocycles. The van der Waals surface area contributed by atoms with Crippen LogP contribution in [0.15, 0.2) is 66.7 Å². The van der Waals surface area contributed by atoms with Gasteiger partial charge in [-0.1, -0.05) is 26.0 Å². The highest BCUT2D eigenvalue weighted by atomic mass is 16.5. The molecule has 0 N–H and O–H groups in total. The molecule has 0 saturated heterocycles. The molecule has 5 nitrogen and oxygen atoms in total. The van der Waals surface area contributed by atoms with Crippen molar-refractivity contribution in [2.75, 3.05) is 19.1 Å². The molecule has 0 aliphatic rings. The molecule has 0 saturated carbocycles. The van der Waals surface area contributed by atoms with Gasteiger partial charge < -0.3 is 9.64 Å². The minimum absolute atomic E-state index is 0.358. The van der Waals surface area contributed by atoms with Gasteiger partial charge in [-0.3, -0.25) is 4.57 Å². The summed E-state index contributed by atoms with van der Waals surface area (Å²) in [7, 11) is 3.67. The van der Waals surface area contributed by atoms with Gasteiger partial charge in [0.1, 0.15) is 11.8 Å². The molecule has 30 heavy (non-hydrogen) atoms. The predicted octanol–water partition coefficient (Wildman–Crippen LogP) is 5.80. The number of hydrogen-bond acceptors (Lipinski definition) is 4. The molecule has 4 rings (SSSR count). The molecule has 0 unspecified atom stereocenters. The fourth-order valence-electron chi connectivity index (χ4n) is 3.58. The number of benzene rings is 3. The smallest absolute Gasteiger partial charge is 0.218 e. The molecule has 3 aromatic carbocycles. The Bertz CT molecular complexity index is 1220. The maximum Gasteiger partial charge on any atom is 0.218 e. The lowest BCUT2D eigenvalue weighted by molar-refractivity contribution is 0.415. The molecule has 5 heteroatoms. The van der Waals surface area contributed by atoms with Crippen molar-refractivity contribution in [3.05, 3.63) is 78.1 Å². The van der Waals surface area contributed by atoms with Crippen molar-refractivity contribution in [1.82, 2.24) is 9.55 Å². The van der Waals surface area contributed by atoms with Gasteiger partial charge in [0.15, 0.2) is 0 Å². The second-order valence-electron chi connectivity index (χ2n) is 7.56. The van der Waals surface area contributed by atoms with Gasteiger partial charge in [0.2, 0.25) is 5.82 Å². The number of methoxy groups -OCH3 is 1. The third-order valence-electron chi connectivity index (χ3n) is 5.40. The molecule has 0 aliphatic carbocycles. The van der Waals surface area contributed by atoms with Crippen LogP contribution in [0.4, 0.5) is 11.4 Å². The predicted molar refractivity (Wildman–Crippen MR) is 121 cm³/mol. The number of hydrogen-bond donors (Lipinski definition) is 0. The molecule has 0 radical (unpaired) electrons. The number of anilines is 2. The topological polar surface area (TPSA) is 54.1 Å². The summed E-state index contributed by atoms with van der Waals surface area (Å²) in [6.45, 7) is 4.39. The molecule has 4 aromatic rings. The van der Waals surface area contributed by atoms with E-state index in [0.717, 1.165) is 33.8 Å². The molecule has 150 valence electrons. The van der Waals surface area contributed by atoms with Crippen LogP contribution in [0.25, 0.3) is 16.7 Å². The van der Waals surface area contributed by atoms with Gasteiger partial charge in [-0.2, -0.15) is 5.26 Å². The van der Waals surface area contributed by atoms with E-state index in [9.17, 15) is 5.26 Å². The first-order valence-electron chi connectivity index (χ1n) is 9.92. The van der Waals surface area contributed by atoms with Crippen LogP contribution in [0.5, 0.6) is 5.75 Å². The first-order valence-corrected chi connectivity index (χ1v) is 9.92. The Morgan fingerprint density at radius 3 is 2.23 bits per heavy atom. The van der Waals surface area contributed by atoms with Crippen LogP contribution in [0, 0.1) is 11.3 Å². The third kappa shape index (κ3) is 3.48. The minimum Gasteiger partial charge on any atom is -0.497 e. The first kappa shape index (κ1) is 19.5. The third-order valence-corrected chi connectivity index (χ3v) is 5.40. The average molecular weight is 396 g/mol. The summed E-state index contributed by atoms with van der Waals surface area (Å²) in [5.74, 6) is 1.64. The Balaban J connectivity index is 1.73. The second kappa shape index (κ2) is 7.92. The quantitative estimate of drug-likeness (QED) is 0.428. The Kier molecular flexibility index (Phi) is 5.16. The van der Waals surface area contributed by atoms with Crippen molar-refractivity contribution >= 4 is 22.4 Å². The number of fused-ring (bicyclic) bond motifs is 1. The van der Waals surface area contributed by atoms with Crippen LogP contribution in [0.3, 0.4) is 0 Å². The molecule has 0 aliphatic heterocycles. The number of nitrogens with zero attached hydrogens (tertiary/aromatic N) is 4. The van der Waals surface area contributed by atoms with Gasteiger partial charge in [0.25, 0.3) is 0 Å². The number of nitriles is 1. The zero-order valence-electron chi connectivity index (χ0n) is 17.6. The summed E-state index contributed by atoms with van der Waals surface area (Å²) < 4.78 is 7.11. The molecule has 0 fully saturated rings. The Labute approximate surface area is 176 Å². The minimum atomic E-state index is 0.358. The Morgan fingerprint density at radius 1 is 0.967 bits per heavy atom. The highest BCUT2D eigenvalue weighted by Gasteiger charge is 2.14. The van der Waals surface area contributed by atoms with Crippen molar-refractivity contribution in [3.63, 3.8) is 0 Å². The van der Waals surface area contributed by atoms with Crippen LogP contribution in [0.2, 0.25) is 0 Å². The van der Waals surface area contributed by atoms with E-state index in [-0.39, 0.29) is 0 Å². The van der Waals surface area contributed by atoms with Gasteiger partial charge in [-0.05, 0) is 66.1 Å². The van der Waals surface area contributed by atoms with E-state index in [0.29, 0.717) is 11.7 Å². The largest absolute Gasteiger partial charge is 0.497 e. The van der Waals surface area contributed by atoms with Gasteiger partial charge >= 0.3 is 0 Å². The number of ether oxygens (including phenoxy) is 1. The zero-order chi connectivity index (χ0) is 21.3. The van der Waals surface area contributed by atoms with E-state index in [4.69, 9.17) is 4.74 Å². The van der Waals surface area contributed by atoms with Gasteiger partial charge in [0.05, 0.1) is 18.1 Å². The summed E-state index contributed by atoms with van der Waals surface area (Å²) in [5, 5.41) is 9.64. The van der Waals surface area contributed by atoms with Gasteiger partial charge in [-0.25, -0.2) is 4.98 Å². The van der Waals surface area contributed by atoms with Crippen molar-refractivity contribution in [2.24, 2.45) is 0 Å². The molecular weight excluding hydrogens is 372 g/mol. The lowest BCUT2D eigenvalue weighted by atomic mass is 10.0. The van der Waals surface area contributed by atoms with Crippen LogP contribution in [-0.4, -0.2) is 23.7 Å². The molecule has 0 atom stereocenters. The van der Waals surface area contributed by atoms with E-state index in [1.807, 2.05) is 48.0 Å².